The van der Waals surface area contributed by atoms with E-state index in [2.05, 4.69) is 0 Å². The number of hydrogen-bond donors (Lipinski definition) is 0. The molecule has 1 aromatic carbocycles. The Morgan fingerprint density at radius 1 is 1.38 bits per heavy atom. The van der Waals surface area contributed by atoms with Gasteiger partial charge in [-0.05, 0) is 34.9 Å². The summed E-state index contributed by atoms with van der Waals surface area (Å²) >= 11 is 2.85. The molecule has 0 spiro atoms. The van der Waals surface area contributed by atoms with Gasteiger partial charge in [0.25, 0.3) is 0 Å². The molecule has 5 heteroatoms. The van der Waals surface area contributed by atoms with Crippen LogP contribution in [0.4, 0.5) is 8.78 Å². The van der Waals surface area contributed by atoms with Gasteiger partial charge in [0, 0.05) is 0 Å². The molecule has 72 valence electrons. The first kappa shape index (κ1) is 11.0. The minimum atomic E-state index is -0.837. The zero-order chi connectivity index (χ0) is 10.0. The summed E-state index contributed by atoms with van der Waals surface area (Å²) in [6.45, 7) is 0. The van der Waals surface area contributed by atoms with Crippen molar-refractivity contribution in [2.45, 2.75) is 4.90 Å². The van der Waals surface area contributed by atoms with Gasteiger partial charge in [0.1, 0.15) is 5.75 Å². The Kier molecular flexibility index (Phi) is 3.78. The summed E-state index contributed by atoms with van der Waals surface area (Å²) < 4.78 is 31.4. The largest absolute Gasteiger partial charge is 0.495 e. The maximum atomic E-state index is 13.2. The van der Waals surface area contributed by atoms with Gasteiger partial charge in [-0.3, -0.25) is 0 Å². The maximum absolute atomic E-state index is 13.2. The SMILES string of the molecule is COc1cc(I)c(F)c(F)c1SC. The molecule has 0 N–H and O–H groups in total. The van der Waals surface area contributed by atoms with Gasteiger partial charge in [0.15, 0.2) is 11.6 Å². The molecule has 0 fully saturated rings. The van der Waals surface area contributed by atoms with E-state index >= 15 is 0 Å². The molecule has 0 aliphatic rings. The third-order valence-corrected chi connectivity index (χ3v) is 3.08. The lowest BCUT2D eigenvalue weighted by Gasteiger charge is -2.08. The number of rotatable bonds is 2. The van der Waals surface area contributed by atoms with Crippen LogP contribution in [0.2, 0.25) is 0 Å². The highest BCUT2D eigenvalue weighted by molar-refractivity contribution is 14.1. The van der Waals surface area contributed by atoms with Gasteiger partial charge in [-0.2, -0.15) is 0 Å². The monoisotopic (exact) mass is 316 g/mol. The lowest BCUT2D eigenvalue weighted by atomic mass is 10.3. The second-order valence-corrected chi connectivity index (χ2v) is 4.20. The highest BCUT2D eigenvalue weighted by Crippen LogP contribution is 2.34. The summed E-state index contributed by atoms with van der Waals surface area (Å²) in [4.78, 5) is 0.209. The van der Waals surface area contributed by atoms with E-state index < -0.39 is 11.6 Å². The summed E-state index contributed by atoms with van der Waals surface area (Å²) in [6.07, 6.45) is 1.67. The van der Waals surface area contributed by atoms with Crippen LogP contribution in [0.5, 0.6) is 5.75 Å². The Labute approximate surface area is 93.0 Å². The number of benzene rings is 1. The van der Waals surface area contributed by atoms with Gasteiger partial charge in [-0.1, -0.05) is 0 Å². The molecule has 1 rings (SSSR count). The van der Waals surface area contributed by atoms with Crippen LogP contribution in [0.1, 0.15) is 0 Å². The van der Waals surface area contributed by atoms with E-state index in [0.717, 1.165) is 11.8 Å². The van der Waals surface area contributed by atoms with Crippen molar-refractivity contribution >= 4 is 34.4 Å². The van der Waals surface area contributed by atoms with E-state index in [-0.39, 0.29) is 8.47 Å². The molecule has 13 heavy (non-hydrogen) atoms. The van der Waals surface area contributed by atoms with Crippen LogP contribution in [-0.2, 0) is 0 Å². The summed E-state index contributed by atoms with van der Waals surface area (Å²) in [5, 5.41) is 0. The van der Waals surface area contributed by atoms with Gasteiger partial charge in [0.05, 0.1) is 15.6 Å². The Morgan fingerprint density at radius 2 is 2.00 bits per heavy atom. The average Bonchev–Trinajstić information content (AvgIpc) is 2.13. The van der Waals surface area contributed by atoms with Crippen molar-refractivity contribution in [1.29, 1.82) is 0 Å². The van der Waals surface area contributed by atoms with E-state index in [1.165, 1.54) is 13.2 Å². The van der Waals surface area contributed by atoms with Crippen LogP contribution < -0.4 is 4.74 Å². The number of ether oxygens (including phenoxy) is 1. The van der Waals surface area contributed by atoms with E-state index in [4.69, 9.17) is 4.74 Å². The van der Waals surface area contributed by atoms with Gasteiger partial charge in [-0.15, -0.1) is 11.8 Å². The molecule has 0 radical (unpaired) electrons. The van der Waals surface area contributed by atoms with Crippen LogP contribution in [0.15, 0.2) is 11.0 Å². The van der Waals surface area contributed by atoms with Crippen molar-refractivity contribution in [3.63, 3.8) is 0 Å². The smallest absolute Gasteiger partial charge is 0.177 e. The molecule has 0 aromatic heterocycles. The minimum absolute atomic E-state index is 0.209. The average molecular weight is 316 g/mol. The molecular weight excluding hydrogens is 309 g/mol. The lowest BCUT2D eigenvalue weighted by Crippen LogP contribution is -1.96. The van der Waals surface area contributed by atoms with E-state index in [0.29, 0.717) is 5.75 Å². The van der Waals surface area contributed by atoms with Crippen molar-refractivity contribution in [2.24, 2.45) is 0 Å². The molecule has 1 aromatic rings. The summed E-state index contributed by atoms with van der Waals surface area (Å²) in [6, 6.07) is 1.48. The fraction of sp³-hybridized carbons (Fsp3) is 0.250. The zero-order valence-corrected chi connectivity index (χ0v) is 10.0. The van der Waals surface area contributed by atoms with E-state index in [9.17, 15) is 8.78 Å². The third-order valence-electron chi connectivity index (χ3n) is 1.51. The molecule has 0 heterocycles. The lowest BCUT2D eigenvalue weighted by molar-refractivity contribution is 0.388. The zero-order valence-electron chi connectivity index (χ0n) is 7.03. The molecule has 1 nitrogen and oxygen atoms in total. The number of hydrogen-bond acceptors (Lipinski definition) is 2. The van der Waals surface area contributed by atoms with Crippen LogP contribution in [0.25, 0.3) is 0 Å². The molecule has 0 aliphatic heterocycles. The fourth-order valence-corrected chi connectivity index (χ4v) is 2.03. The first-order chi connectivity index (χ1) is 6.11. The normalized spacial score (nSPS) is 10.2. The quantitative estimate of drug-likeness (QED) is 0.470. The molecular formula is C8H7F2IOS. The number of thioether (sulfide) groups is 1. The van der Waals surface area contributed by atoms with Gasteiger partial charge < -0.3 is 4.74 Å². The molecule has 0 saturated carbocycles. The standard InChI is InChI=1S/C8H7F2IOS/c1-12-5-3-4(11)6(9)7(10)8(5)13-2/h3H,1-2H3. The molecule has 0 saturated heterocycles. The topological polar surface area (TPSA) is 9.23 Å². The van der Waals surface area contributed by atoms with Crippen molar-refractivity contribution in [3.05, 3.63) is 21.3 Å². The Bertz CT molecular complexity index is 330. The predicted octanol–water partition coefficient (Wildman–Crippen LogP) is 3.30. The highest BCUT2D eigenvalue weighted by Gasteiger charge is 2.16. The van der Waals surface area contributed by atoms with Crippen LogP contribution >= 0.6 is 34.4 Å². The summed E-state index contributed by atoms with van der Waals surface area (Å²) in [5.41, 5.74) is 0. The van der Waals surface area contributed by atoms with E-state index in [1.807, 2.05) is 0 Å². The van der Waals surface area contributed by atoms with Crippen LogP contribution in [0, 0.1) is 15.2 Å². The number of methoxy groups -OCH3 is 1. The third kappa shape index (κ3) is 2.07. The molecule has 0 atom stereocenters. The van der Waals surface area contributed by atoms with E-state index in [1.54, 1.807) is 28.8 Å². The summed E-state index contributed by atoms with van der Waals surface area (Å²) in [7, 11) is 1.43. The van der Waals surface area contributed by atoms with Crippen molar-refractivity contribution in [1.82, 2.24) is 0 Å². The second kappa shape index (κ2) is 4.45. The Balaban J connectivity index is 3.39. The Hall–Kier alpha value is -0.0400. The first-order valence-electron chi connectivity index (χ1n) is 3.37. The second-order valence-electron chi connectivity index (χ2n) is 2.22. The van der Waals surface area contributed by atoms with Crippen LogP contribution in [-0.4, -0.2) is 13.4 Å². The van der Waals surface area contributed by atoms with Gasteiger partial charge in [0.2, 0.25) is 0 Å². The fourth-order valence-electron chi connectivity index (χ4n) is 0.899. The summed E-state index contributed by atoms with van der Waals surface area (Å²) in [5.74, 6) is -1.28. The predicted molar refractivity (Wildman–Crippen MR) is 57.4 cm³/mol. The highest BCUT2D eigenvalue weighted by atomic mass is 127. The van der Waals surface area contributed by atoms with Gasteiger partial charge >= 0.3 is 0 Å². The Morgan fingerprint density at radius 3 is 2.46 bits per heavy atom. The van der Waals surface area contributed by atoms with Crippen molar-refractivity contribution in [3.8, 4) is 5.75 Å². The molecule has 0 bridgehead atoms. The van der Waals surface area contributed by atoms with Gasteiger partial charge in [-0.25, -0.2) is 8.78 Å². The minimum Gasteiger partial charge on any atom is -0.495 e. The maximum Gasteiger partial charge on any atom is 0.177 e. The van der Waals surface area contributed by atoms with Crippen LogP contribution in [0.3, 0.4) is 0 Å². The van der Waals surface area contributed by atoms with Crippen molar-refractivity contribution in [2.75, 3.05) is 13.4 Å². The molecule has 0 amide bonds. The number of halogens is 3. The molecule has 0 unspecified atom stereocenters. The molecule has 0 aliphatic carbocycles. The first-order valence-corrected chi connectivity index (χ1v) is 5.67. The van der Waals surface area contributed by atoms with Crippen molar-refractivity contribution < 1.29 is 13.5 Å².